The van der Waals surface area contributed by atoms with Crippen molar-refractivity contribution in [3.63, 3.8) is 0 Å². The minimum atomic E-state index is 0.925. The number of aromatic nitrogens is 2. The molecule has 1 heterocycles. The summed E-state index contributed by atoms with van der Waals surface area (Å²) in [7, 11) is 0. The van der Waals surface area contributed by atoms with Crippen molar-refractivity contribution >= 4 is 28.4 Å². The summed E-state index contributed by atoms with van der Waals surface area (Å²) in [6.45, 7) is 0.932. The molecular formula is C13H14IN3. The summed E-state index contributed by atoms with van der Waals surface area (Å²) in [6.07, 6.45) is 5.58. The van der Waals surface area contributed by atoms with E-state index in [-0.39, 0.29) is 0 Å². The Balaban J connectivity index is 1.76. The fourth-order valence-electron chi connectivity index (χ4n) is 1.59. The van der Waals surface area contributed by atoms with Gasteiger partial charge in [0.05, 0.1) is 3.57 Å². The molecule has 0 atom stereocenters. The topological polar surface area (TPSA) is 37.8 Å². The van der Waals surface area contributed by atoms with Crippen molar-refractivity contribution in [2.45, 2.75) is 12.8 Å². The van der Waals surface area contributed by atoms with E-state index in [1.807, 2.05) is 12.3 Å². The minimum absolute atomic E-state index is 0.925. The average molecular weight is 339 g/mol. The third-order valence-electron chi connectivity index (χ3n) is 2.45. The third-order valence-corrected chi connectivity index (χ3v) is 3.23. The number of anilines is 1. The van der Waals surface area contributed by atoms with Crippen molar-refractivity contribution in [1.29, 1.82) is 0 Å². The first-order valence-corrected chi connectivity index (χ1v) is 6.67. The van der Waals surface area contributed by atoms with Crippen LogP contribution in [0.25, 0.3) is 0 Å². The van der Waals surface area contributed by atoms with Crippen LogP contribution >= 0.6 is 22.6 Å². The number of hydrogen-bond acceptors (Lipinski definition) is 3. The first-order chi connectivity index (χ1) is 8.36. The first-order valence-electron chi connectivity index (χ1n) is 5.59. The van der Waals surface area contributed by atoms with Crippen LogP contribution in [0.1, 0.15) is 12.0 Å². The van der Waals surface area contributed by atoms with E-state index in [0.29, 0.717) is 0 Å². The van der Waals surface area contributed by atoms with E-state index < -0.39 is 0 Å². The number of nitrogens with zero attached hydrogens (tertiary/aromatic N) is 2. The van der Waals surface area contributed by atoms with Crippen molar-refractivity contribution in [1.82, 2.24) is 9.97 Å². The second kappa shape index (κ2) is 6.54. The molecule has 0 aliphatic rings. The number of benzene rings is 1. The molecule has 0 aliphatic carbocycles. The van der Waals surface area contributed by atoms with Gasteiger partial charge in [-0.1, -0.05) is 30.3 Å². The molecule has 88 valence electrons. The van der Waals surface area contributed by atoms with Gasteiger partial charge in [-0.25, -0.2) is 9.97 Å². The molecule has 1 aromatic heterocycles. The molecular weight excluding hydrogens is 325 g/mol. The molecule has 0 saturated carbocycles. The molecule has 0 aliphatic heterocycles. The summed E-state index contributed by atoms with van der Waals surface area (Å²) < 4.78 is 1.06. The van der Waals surface area contributed by atoms with Crippen molar-refractivity contribution in [3.05, 3.63) is 52.0 Å². The Morgan fingerprint density at radius 1 is 1.18 bits per heavy atom. The number of hydrogen-bond donors (Lipinski definition) is 1. The number of rotatable bonds is 5. The van der Waals surface area contributed by atoms with Crippen LogP contribution in [-0.2, 0) is 6.42 Å². The van der Waals surface area contributed by atoms with Gasteiger partial charge in [-0.15, -0.1) is 0 Å². The Kier molecular flexibility index (Phi) is 4.73. The normalized spacial score (nSPS) is 10.2. The SMILES string of the molecule is Ic1cncnc1NCCCc1ccccc1. The van der Waals surface area contributed by atoms with Crippen LogP contribution < -0.4 is 5.32 Å². The molecule has 0 radical (unpaired) electrons. The van der Waals surface area contributed by atoms with E-state index in [9.17, 15) is 0 Å². The van der Waals surface area contributed by atoms with Crippen molar-refractivity contribution in [3.8, 4) is 0 Å². The fourth-order valence-corrected chi connectivity index (χ4v) is 2.08. The van der Waals surface area contributed by atoms with Crippen LogP contribution in [0, 0.1) is 3.57 Å². The van der Waals surface area contributed by atoms with Crippen LogP contribution in [0.3, 0.4) is 0 Å². The van der Waals surface area contributed by atoms with Crippen LogP contribution in [0.4, 0.5) is 5.82 Å². The molecule has 17 heavy (non-hydrogen) atoms. The highest BCUT2D eigenvalue weighted by Crippen LogP contribution is 2.12. The lowest BCUT2D eigenvalue weighted by Gasteiger charge is -2.06. The summed E-state index contributed by atoms with van der Waals surface area (Å²) in [4.78, 5) is 8.16. The Morgan fingerprint density at radius 3 is 2.76 bits per heavy atom. The predicted molar refractivity (Wildman–Crippen MR) is 78.0 cm³/mol. The van der Waals surface area contributed by atoms with E-state index in [2.05, 4.69) is 62.1 Å². The van der Waals surface area contributed by atoms with E-state index in [0.717, 1.165) is 28.8 Å². The fraction of sp³-hybridized carbons (Fsp3) is 0.231. The molecule has 4 heteroatoms. The number of nitrogens with one attached hydrogen (secondary N) is 1. The smallest absolute Gasteiger partial charge is 0.142 e. The highest BCUT2D eigenvalue weighted by atomic mass is 127. The van der Waals surface area contributed by atoms with Crippen LogP contribution in [-0.4, -0.2) is 16.5 Å². The molecule has 0 unspecified atom stereocenters. The molecule has 2 rings (SSSR count). The monoisotopic (exact) mass is 339 g/mol. The maximum absolute atomic E-state index is 4.19. The molecule has 1 N–H and O–H groups in total. The quantitative estimate of drug-likeness (QED) is 0.672. The zero-order valence-electron chi connectivity index (χ0n) is 9.44. The molecule has 0 fully saturated rings. The Morgan fingerprint density at radius 2 is 2.00 bits per heavy atom. The van der Waals surface area contributed by atoms with Crippen molar-refractivity contribution < 1.29 is 0 Å². The summed E-state index contributed by atoms with van der Waals surface area (Å²) in [5, 5.41) is 3.32. The van der Waals surface area contributed by atoms with Crippen LogP contribution in [0.15, 0.2) is 42.9 Å². The Labute approximate surface area is 115 Å². The molecule has 2 aromatic rings. The van der Waals surface area contributed by atoms with Crippen LogP contribution in [0.2, 0.25) is 0 Å². The first kappa shape index (κ1) is 12.3. The van der Waals surface area contributed by atoms with Gasteiger partial charge in [0.25, 0.3) is 0 Å². The summed E-state index contributed by atoms with van der Waals surface area (Å²) in [5.74, 6) is 0.925. The standard InChI is InChI=1S/C13H14IN3/c14-12-9-15-10-17-13(12)16-8-4-7-11-5-2-1-3-6-11/h1-3,5-6,9-10H,4,7-8H2,(H,15,16,17). The van der Waals surface area contributed by atoms with Gasteiger partial charge in [0.1, 0.15) is 12.1 Å². The number of halogens is 1. The minimum Gasteiger partial charge on any atom is -0.369 e. The summed E-state index contributed by atoms with van der Waals surface area (Å²) >= 11 is 2.24. The summed E-state index contributed by atoms with van der Waals surface area (Å²) in [6, 6.07) is 10.5. The van der Waals surface area contributed by atoms with E-state index >= 15 is 0 Å². The van der Waals surface area contributed by atoms with E-state index in [4.69, 9.17) is 0 Å². The largest absolute Gasteiger partial charge is 0.369 e. The number of aryl methyl sites for hydroxylation is 1. The zero-order chi connectivity index (χ0) is 11.9. The second-order valence-electron chi connectivity index (χ2n) is 3.74. The maximum Gasteiger partial charge on any atom is 0.142 e. The molecule has 0 bridgehead atoms. The lowest BCUT2D eigenvalue weighted by atomic mass is 10.1. The Hall–Kier alpha value is -1.17. The molecule has 1 aromatic carbocycles. The molecule has 3 nitrogen and oxygen atoms in total. The van der Waals surface area contributed by atoms with Gasteiger partial charge in [0.2, 0.25) is 0 Å². The highest BCUT2D eigenvalue weighted by Gasteiger charge is 1.99. The van der Waals surface area contributed by atoms with Gasteiger partial charge in [-0.3, -0.25) is 0 Å². The second-order valence-corrected chi connectivity index (χ2v) is 4.90. The van der Waals surface area contributed by atoms with Gasteiger partial charge in [0, 0.05) is 12.7 Å². The zero-order valence-corrected chi connectivity index (χ0v) is 11.6. The lowest BCUT2D eigenvalue weighted by molar-refractivity contribution is 0.857. The van der Waals surface area contributed by atoms with Gasteiger partial charge >= 0.3 is 0 Å². The molecule has 0 spiro atoms. The average Bonchev–Trinajstić information content (AvgIpc) is 2.38. The third kappa shape index (κ3) is 3.96. The van der Waals surface area contributed by atoms with Gasteiger partial charge in [-0.05, 0) is 41.0 Å². The maximum atomic E-state index is 4.19. The van der Waals surface area contributed by atoms with E-state index in [1.54, 1.807) is 6.33 Å². The summed E-state index contributed by atoms with van der Waals surface area (Å²) in [5.41, 5.74) is 1.38. The highest BCUT2D eigenvalue weighted by molar-refractivity contribution is 14.1. The molecule has 0 saturated heterocycles. The van der Waals surface area contributed by atoms with Crippen molar-refractivity contribution in [2.24, 2.45) is 0 Å². The van der Waals surface area contributed by atoms with E-state index in [1.165, 1.54) is 5.56 Å². The Bertz CT molecular complexity index is 459. The van der Waals surface area contributed by atoms with Gasteiger partial charge < -0.3 is 5.32 Å². The van der Waals surface area contributed by atoms with Gasteiger partial charge in [-0.2, -0.15) is 0 Å². The lowest BCUT2D eigenvalue weighted by Crippen LogP contribution is -2.06. The van der Waals surface area contributed by atoms with Crippen LogP contribution in [0.5, 0.6) is 0 Å². The van der Waals surface area contributed by atoms with Gasteiger partial charge in [0.15, 0.2) is 0 Å². The predicted octanol–water partition coefficient (Wildman–Crippen LogP) is 3.13. The molecule has 0 amide bonds. The van der Waals surface area contributed by atoms with Crippen molar-refractivity contribution in [2.75, 3.05) is 11.9 Å².